The molecule has 76 valence electrons. The highest BCUT2D eigenvalue weighted by atomic mass is 32.1. The molecule has 0 saturated carbocycles. The van der Waals surface area contributed by atoms with Crippen LogP contribution in [0.25, 0.3) is 25.9 Å². The summed E-state index contributed by atoms with van der Waals surface area (Å²) < 4.78 is 2.76. The normalized spacial score (nSPS) is 13.9. The smallest absolute Gasteiger partial charge is 0.0631 e. The molecule has 2 heterocycles. The average Bonchev–Trinajstić information content (AvgIpc) is 3.09. The van der Waals surface area contributed by atoms with Gasteiger partial charge in [-0.25, -0.2) is 0 Å². The summed E-state index contributed by atoms with van der Waals surface area (Å²) in [6.45, 7) is 0. The van der Waals surface area contributed by atoms with E-state index in [1.165, 1.54) is 31.4 Å². The van der Waals surface area contributed by atoms with Gasteiger partial charge in [0.2, 0.25) is 0 Å². The molecule has 3 aromatic rings. The zero-order chi connectivity index (χ0) is 10.5. The van der Waals surface area contributed by atoms with Crippen LogP contribution in [0.5, 0.6) is 0 Å². The summed E-state index contributed by atoms with van der Waals surface area (Å²) in [7, 11) is 0. The van der Waals surface area contributed by atoms with Crippen LogP contribution in [0.15, 0.2) is 48.7 Å². The largest absolute Gasteiger partial charge is 0.358 e. The number of thiophene rings is 1. The van der Waals surface area contributed by atoms with Crippen molar-refractivity contribution < 1.29 is 0 Å². The Balaban J connectivity index is 2.22. The van der Waals surface area contributed by atoms with Gasteiger partial charge in [0.25, 0.3) is 0 Å². The topological polar surface area (TPSA) is 21.9 Å². The molecule has 1 aliphatic heterocycles. The van der Waals surface area contributed by atoms with Crippen molar-refractivity contribution in [2.45, 2.75) is 0 Å². The van der Waals surface area contributed by atoms with E-state index in [1.54, 1.807) is 0 Å². The highest BCUT2D eigenvalue weighted by Gasteiger charge is 2.15. The van der Waals surface area contributed by atoms with E-state index in [0.717, 1.165) is 0 Å². The lowest BCUT2D eigenvalue weighted by Crippen LogP contribution is -1.80. The van der Waals surface area contributed by atoms with E-state index in [9.17, 15) is 0 Å². The maximum absolute atomic E-state index is 3.19. The van der Waals surface area contributed by atoms with Gasteiger partial charge < -0.3 is 5.32 Å². The highest BCUT2D eigenvalue weighted by Crippen LogP contribution is 2.38. The van der Waals surface area contributed by atoms with Crippen molar-refractivity contribution in [2.24, 2.45) is 0 Å². The molecule has 0 amide bonds. The van der Waals surface area contributed by atoms with Gasteiger partial charge in [-0.15, -0.1) is 11.3 Å². The molecule has 0 unspecified atom stereocenters. The number of hydrogen-bond acceptors (Lipinski definition) is 2. The lowest BCUT2D eigenvalue weighted by atomic mass is 10.1. The van der Waals surface area contributed by atoms with Gasteiger partial charge in [-0.2, -0.15) is 0 Å². The standard InChI is InChI=1S/C14H9NS/c1-2-7-13-9(4-1)10-5-3-6-11(12-8-15-12)14(10)16-13/h1-8,15H. The van der Waals surface area contributed by atoms with Gasteiger partial charge in [0, 0.05) is 31.9 Å². The van der Waals surface area contributed by atoms with E-state index in [2.05, 4.69) is 54.0 Å². The average molecular weight is 223 g/mol. The van der Waals surface area contributed by atoms with Crippen LogP contribution >= 0.6 is 11.3 Å². The zero-order valence-corrected chi connectivity index (χ0v) is 9.34. The molecular formula is C14H9NS. The van der Waals surface area contributed by atoms with Gasteiger partial charge in [0.05, 0.1) is 5.70 Å². The lowest BCUT2D eigenvalue weighted by Gasteiger charge is -1.96. The summed E-state index contributed by atoms with van der Waals surface area (Å²) >= 11 is 1.88. The van der Waals surface area contributed by atoms with E-state index in [0.29, 0.717) is 0 Å². The molecule has 2 heteroatoms. The third kappa shape index (κ3) is 1.05. The van der Waals surface area contributed by atoms with E-state index in [4.69, 9.17) is 0 Å². The van der Waals surface area contributed by atoms with Crippen LogP contribution in [-0.4, -0.2) is 0 Å². The monoisotopic (exact) mass is 223 g/mol. The Hall–Kier alpha value is -1.80. The Morgan fingerprint density at radius 1 is 0.875 bits per heavy atom. The second kappa shape index (κ2) is 2.86. The van der Waals surface area contributed by atoms with Gasteiger partial charge in [0.1, 0.15) is 0 Å². The molecule has 1 nitrogen and oxygen atoms in total. The van der Waals surface area contributed by atoms with Gasteiger partial charge in [-0.1, -0.05) is 36.4 Å². The second-order valence-corrected chi connectivity index (χ2v) is 5.04. The fourth-order valence-corrected chi connectivity index (χ4v) is 3.38. The number of fused-ring (bicyclic) bond motifs is 3. The fourth-order valence-electron chi connectivity index (χ4n) is 2.15. The van der Waals surface area contributed by atoms with E-state index >= 15 is 0 Å². The maximum Gasteiger partial charge on any atom is 0.0631 e. The lowest BCUT2D eigenvalue weighted by molar-refractivity contribution is 1.45. The molecule has 0 saturated heterocycles. The first kappa shape index (κ1) is 8.36. The summed E-state index contributed by atoms with van der Waals surface area (Å²) in [6.07, 6.45) is 2.05. The molecule has 4 rings (SSSR count). The predicted molar refractivity (Wildman–Crippen MR) is 70.4 cm³/mol. The predicted octanol–water partition coefficient (Wildman–Crippen LogP) is 3.96. The fraction of sp³-hybridized carbons (Fsp3) is 0. The van der Waals surface area contributed by atoms with E-state index in [-0.39, 0.29) is 0 Å². The molecule has 0 bridgehead atoms. The van der Waals surface area contributed by atoms with Crippen molar-refractivity contribution in [3.63, 3.8) is 0 Å². The minimum Gasteiger partial charge on any atom is -0.358 e. The number of benzene rings is 2. The first-order valence-corrected chi connectivity index (χ1v) is 6.12. The molecule has 1 aromatic heterocycles. The number of hydrogen-bond donors (Lipinski definition) is 1. The van der Waals surface area contributed by atoms with Crippen molar-refractivity contribution in [3.05, 3.63) is 54.2 Å². The summed E-state index contributed by atoms with van der Waals surface area (Å²) in [5.74, 6) is 0. The maximum atomic E-state index is 3.19. The van der Waals surface area contributed by atoms with E-state index < -0.39 is 0 Å². The Morgan fingerprint density at radius 3 is 2.56 bits per heavy atom. The second-order valence-electron chi connectivity index (χ2n) is 3.98. The Labute approximate surface area is 97.0 Å². The van der Waals surface area contributed by atoms with Crippen molar-refractivity contribution in [2.75, 3.05) is 0 Å². The van der Waals surface area contributed by atoms with Crippen molar-refractivity contribution in [3.8, 4) is 0 Å². The summed E-state index contributed by atoms with van der Waals surface area (Å²) in [5, 5.41) is 5.92. The van der Waals surface area contributed by atoms with Crippen LogP contribution in [0.3, 0.4) is 0 Å². The quantitative estimate of drug-likeness (QED) is 0.662. The third-order valence-corrected chi connectivity index (χ3v) is 4.20. The van der Waals surface area contributed by atoms with Crippen LogP contribution in [0, 0.1) is 0 Å². The molecule has 0 radical (unpaired) electrons. The number of rotatable bonds is 1. The SMILES string of the molecule is C1=C(c2cccc3c2sc2ccccc23)N1. The van der Waals surface area contributed by atoms with Crippen molar-refractivity contribution in [1.29, 1.82) is 0 Å². The van der Waals surface area contributed by atoms with Crippen molar-refractivity contribution in [1.82, 2.24) is 5.32 Å². The molecule has 0 atom stereocenters. The summed E-state index contributed by atoms with van der Waals surface area (Å²) in [6, 6.07) is 15.1. The van der Waals surface area contributed by atoms with E-state index in [1.807, 2.05) is 11.3 Å². The van der Waals surface area contributed by atoms with Crippen LogP contribution in [0.1, 0.15) is 5.56 Å². The molecule has 0 fully saturated rings. The Kier molecular flexibility index (Phi) is 1.50. The minimum atomic E-state index is 1.26. The molecule has 16 heavy (non-hydrogen) atoms. The number of nitrogens with one attached hydrogen (secondary N) is 1. The third-order valence-electron chi connectivity index (χ3n) is 2.98. The van der Waals surface area contributed by atoms with Crippen LogP contribution in [0.2, 0.25) is 0 Å². The molecule has 0 aliphatic carbocycles. The molecule has 2 aromatic carbocycles. The zero-order valence-electron chi connectivity index (χ0n) is 8.53. The molecule has 1 aliphatic rings. The van der Waals surface area contributed by atoms with Crippen LogP contribution in [0.4, 0.5) is 0 Å². The van der Waals surface area contributed by atoms with Crippen molar-refractivity contribution >= 4 is 37.2 Å². The van der Waals surface area contributed by atoms with Crippen LogP contribution < -0.4 is 5.32 Å². The van der Waals surface area contributed by atoms with Gasteiger partial charge in [-0.3, -0.25) is 0 Å². The Bertz CT molecular complexity index is 737. The first-order valence-electron chi connectivity index (χ1n) is 5.31. The van der Waals surface area contributed by atoms with Gasteiger partial charge in [-0.05, 0) is 6.07 Å². The summed E-state index contributed by atoms with van der Waals surface area (Å²) in [5.41, 5.74) is 2.59. The van der Waals surface area contributed by atoms with Crippen LogP contribution in [-0.2, 0) is 0 Å². The molecule has 0 spiro atoms. The first-order chi connectivity index (χ1) is 7.93. The summed E-state index contributed by atoms with van der Waals surface area (Å²) in [4.78, 5) is 0. The molecular weight excluding hydrogens is 214 g/mol. The highest BCUT2D eigenvalue weighted by molar-refractivity contribution is 7.26. The van der Waals surface area contributed by atoms with Gasteiger partial charge in [0.15, 0.2) is 0 Å². The molecule has 1 N–H and O–H groups in total. The Morgan fingerprint density at radius 2 is 1.69 bits per heavy atom. The minimum absolute atomic E-state index is 1.26. The van der Waals surface area contributed by atoms with Gasteiger partial charge >= 0.3 is 0 Å².